The van der Waals surface area contributed by atoms with Crippen molar-refractivity contribution in [3.63, 3.8) is 0 Å². The zero-order valence-corrected chi connectivity index (χ0v) is 8.65. The number of carbonyl (C=O) groups is 1. The lowest BCUT2D eigenvalue weighted by molar-refractivity contribution is -0.125. The third-order valence-corrected chi connectivity index (χ3v) is 2.97. The molecule has 0 aromatic carbocycles. The van der Waals surface area contributed by atoms with Gasteiger partial charge in [0.05, 0.1) is 5.60 Å². The maximum atomic E-state index is 11.1. The second-order valence-electron chi connectivity index (χ2n) is 4.26. The molecule has 3 nitrogen and oxygen atoms in total. The second-order valence-corrected chi connectivity index (χ2v) is 4.26. The Bertz CT molecular complexity index is 338. The smallest absolute Gasteiger partial charge is 0.133 e. The van der Waals surface area contributed by atoms with Crippen molar-refractivity contribution in [3.05, 3.63) is 30.1 Å². The van der Waals surface area contributed by atoms with Gasteiger partial charge >= 0.3 is 0 Å². The Hall–Kier alpha value is -1.22. The first kappa shape index (κ1) is 10.3. The van der Waals surface area contributed by atoms with E-state index in [4.69, 9.17) is 0 Å². The summed E-state index contributed by atoms with van der Waals surface area (Å²) in [6.45, 7) is 0. The van der Waals surface area contributed by atoms with Crippen molar-refractivity contribution in [1.82, 2.24) is 4.98 Å². The standard InChI is InChI=1S/C12H15NO2/c14-11-4-6-12(15,7-5-11)9-10-3-1-2-8-13-10/h1-3,8,15H,4-7,9H2. The highest BCUT2D eigenvalue weighted by Gasteiger charge is 2.32. The molecule has 1 aliphatic rings. The van der Waals surface area contributed by atoms with Gasteiger partial charge in [-0.05, 0) is 25.0 Å². The van der Waals surface area contributed by atoms with E-state index in [-0.39, 0.29) is 5.78 Å². The van der Waals surface area contributed by atoms with Crippen molar-refractivity contribution in [1.29, 1.82) is 0 Å². The van der Waals surface area contributed by atoms with Gasteiger partial charge in [0.2, 0.25) is 0 Å². The van der Waals surface area contributed by atoms with Gasteiger partial charge < -0.3 is 5.11 Å². The van der Waals surface area contributed by atoms with Crippen molar-refractivity contribution in [2.75, 3.05) is 0 Å². The molecule has 0 saturated heterocycles. The summed E-state index contributed by atoms with van der Waals surface area (Å²) in [6.07, 6.45) is 4.44. The molecule has 1 fully saturated rings. The lowest BCUT2D eigenvalue weighted by Crippen LogP contribution is -2.36. The monoisotopic (exact) mass is 205 g/mol. The molecule has 1 saturated carbocycles. The van der Waals surface area contributed by atoms with E-state index >= 15 is 0 Å². The molecule has 15 heavy (non-hydrogen) atoms. The molecule has 0 radical (unpaired) electrons. The number of pyridine rings is 1. The highest BCUT2D eigenvalue weighted by atomic mass is 16.3. The number of nitrogens with zero attached hydrogens (tertiary/aromatic N) is 1. The Morgan fingerprint density at radius 1 is 1.33 bits per heavy atom. The van der Waals surface area contributed by atoms with Crippen molar-refractivity contribution in [2.45, 2.75) is 37.7 Å². The van der Waals surface area contributed by atoms with Gasteiger partial charge in [-0.1, -0.05) is 6.07 Å². The average Bonchev–Trinajstić information content (AvgIpc) is 2.24. The molecule has 3 heteroatoms. The van der Waals surface area contributed by atoms with Crippen LogP contribution in [0.1, 0.15) is 31.4 Å². The molecule has 1 heterocycles. The number of ketones is 1. The number of hydrogen-bond acceptors (Lipinski definition) is 3. The van der Waals surface area contributed by atoms with Crippen molar-refractivity contribution in [3.8, 4) is 0 Å². The molecule has 0 amide bonds. The van der Waals surface area contributed by atoms with Gasteiger partial charge in [-0.25, -0.2) is 0 Å². The van der Waals surface area contributed by atoms with Crippen LogP contribution in [-0.2, 0) is 11.2 Å². The molecule has 0 aliphatic heterocycles. The van der Waals surface area contributed by atoms with Crippen LogP contribution in [0.3, 0.4) is 0 Å². The van der Waals surface area contributed by atoms with Gasteiger partial charge in [-0.3, -0.25) is 9.78 Å². The number of Topliss-reactive ketones (excluding diaryl/α,β-unsaturated/α-hetero) is 1. The second kappa shape index (κ2) is 4.11. The van der Waals surface area contributed by atoms with Crippen LogP contribution in [0.2, 0.25) is 0 Å². The summed E-state index contributed by atoms with van der Waals surface area (Å²) in [7, 11) is 0. The molecule has 2 rings (SSSR count). The third-order valence-electron chi connectivity index (χ3n) is 2.97. The molecule has 0 bridgehead atoms. The van der Waals surface area contributed by atoms with E-state index in [1.54, 1.807) is 6.20 Å². The fourth-order valence-electron chi connectivity index (χ4n) is 2.01. The minimum Gasteiger partial charge on any atom is -0.389 e. The molecule has 0 atom stereocenters. The number of rotatable bonds is 2. The SMILES string of the molecule is O=C1CCC(O)(Cc2ccccn2)CC1. The Kier molecular flexibility index (Phi) is 2.82. The van der Waals surface area contributed by atoms with E-state index in [9.17, 15) is 9.90 Å². The van der Waals surface area contributed by atoms with Gasteiger partial charge in [0.15, 0.2) is 0 Å². The van der Waals surface area contributed by atoms with Crippen LogP contribution in [0.15, 0.2) is 24.4 Å². The van der Waals surface area contributed by atoms with Crippen molar-refractivity contribution in [2.24, 2.45) is 0 Å². The van der Waals surface area contributed by atoms with E-state index in [1.807, 2.05) is 18.2 Å². The largest absolute Gasteiger partial charge is 0.389 e. The summed E-state index contributed by atoms with van der Waals surface area (Å²) in [4.78, 5) is 15.3. The summed E-state index contributed by atoms with van der Waals surface area (Å²) in [5.74, 6) is 0.265. The van der Waals surface area contributed by atoms with Gasteiger partial charge in [0.1, 0.15) is 5.78 Å². The van der Waals surface area contributed by atoms with Crippen LogP contribution in [0.4, 0.5) is 0 Å². The van der Waals surface area contributed by atoms with Gasteiger partial charge in [-0.2, -0.15) is 0 Å². The van der Waals surface area contributed by atoms with Crippen LogP contribution < -0.4 is 0 Å². The summed E-state index contributed by atoms with van der Waals surface area (Å²) < 4.78 is 0. The number of aliphatic hydroxyl groups is 1. The van der Waals surface area contributed by atoms with E-state index in [2.05, 4.69) is 4.98 Å². The summed E-state index contributed by atoms with van der Waals surface area (Å²) in [5, 5.41) is 10.3. The summed E-state index contributed by atoms with van der Waals surface area (Å²) in [6, 6.07) is 5.69. The molecule has 1 aromatic rings. The molecule has 0 unspecified atom stereocenters. The molecule has 1 N–H and O–H groups in total. The maximum absolute atomic E-state index is 11.1. The number of hydrogen-bond donors (Lipinski definition) is 1. The van der Waals surface area contributed by atoms with Crippen LogP contribution in [0.25, 0.3) is 0 Å². The minimum atomic E-state index is -0.720. The van der Waals surface area contributed by atoms with Gasteiger partial charge in [-0.15, -0.1) is 0 Å². The molecular formula is C12H15NO2. The zero-order chi connectivity index (χ0) is 10.7. The van der Waals surface area contributed by atoms with Crippen LogP contribution in [-0.4, -0.2) is 21.5 Å². The quantitative estimate of drug-likeness (QED) is 0.796. The Morgan fingerprint density at radius 2 is 2.07 bits per heavy atom. The van der Waals surface area contributed by atoms with E-state index in [1.165, 1.54) is 0 Å². The third kappa shape index (κ3) is 2.63. The predicted octanol–water partition coefficient (Wildman–Crippen LogP) is 1.50. The van der Waals surface area contributed by atoms with E-state index in [0.29, 0.717) is 32.1 Å². The fourth-order valence-corrected chi connectivity index (χ4v) is 2.01. The molecule has 80 valence electrons. The Labute approximate surface area is 89.2 Å². The van der Waals surface area contributed by atoms with E-state index < -0.39 is 5.60 Å². The van der Waals surface area contributed by atoms with Crippen molar-refractivity contribution >= 4 is 5.78 Å². The summed E-state index contributed by atoms with van der Waals surface area (Å²) >= 11 is 0. The molecule has 1 aliphatic carbocycles. The highest BCUT2D eigenvalue weighted by Crippen LogP contribution is 2.28. The summed E-state index contributed by atoms with van der Waals surface area (Å²) in [5.41, 5.74) is 0.178. The normalized spacial score (nSPS) is 20.2. The molecule has 0 spiro atoms. The lowest BCUT2D eigenvalue weighted by atomic mass is 9.81. The average molecular weight is 205 g/mol. The first-order valence-corrected chi connectivity index (χ1v) is 5.32. The van der Waals surface area contributed by atoms with Crippen LogP contribution in [0, 0.1) is 0 Å². The molecular weight excluding hydrogens is 190 g/mol. The zero-order valence-electron chi connectivity index (χ0n) is 8.65. The Balaban J connectivity index is 2.02. The first-order chi connectivity index (χ1) is 7.18. The van der Waals surface area contributed by atoms with Crippen molar-refractivity contribution < 1.29 is 9.90 Å². The number of aromatic nitrogens is 1. The highest BCUT2D eigenvalue weighted by molar-refractivity contribution is 5.79. The lowest BCUT2D eigenvalue weighted by Gasteiger charge is -2.31. The fraction of sp³-hybridized carbons (Fsp3) is 0.500. The topological polar surface area (TPSA) is 50.2 Å². The molecule has 1 aromatic heterocycles. The van der Waals surface area contributed by atoms with E-state index in [0.717, 1.165) is 5.69 Å². The number of carbonyl (C=O) groups excluding carboxylic acids is 1. The van der Waals surface area contributed by atoms with Crippen LogP contribution >= 0.6 is 0 Å². The predicted molar refractivity (Wildman–Crippen MR) is 56.4 cm³/mol. The van der Waals surface area contributed by atoms with Crippen LogP contribution in [0.5, 0.6) is 0 Å². The maximum Gasteiger partial charge on any atom is 0.133 e. The van der Waals surface area contributed by atoms with Gasteiger partial charge in [0.25, 0.3) is 0 Å². The minimum absolute atomic E-state index is 0.265. The van der Waals surface area contributed by atoms with Gasteiger partial charge in [0, 0.05) is 31.2 Å². The Morgan fingerprint density at radius 3 is 2.67 bits per heavy atom. The first-order valence-electron chi connectivity index (χ1n) is 5.32.